The summed E-state index contributed by atoms with van der Waals surface area (Å²) in [5, 5.41) is 0.904. The van der Waals surface area contributed by atoms with Crippen LogP contribution in [0.1, 0.15) is 43.6 Å². The van der Waals surface area contributed by atoms with Gasteiger partial charge in [-0.1, -0.05) is 33.1 Å². The van der Waals surface area contributed by atoms with E-state index in [0.717, 1.165) is 22.0 Å². The van der Waals surface area contributed by atoms with E-state index in [1.807, 2.05) is 26.0 Å². The van der Waals surface area contributed by atoms with E-state index in [1.54, 1.807) is 22.9 Å². The van der Waals surface area contributed by atoms with Gasteiger partial charge in [-0.15, -0.1) is 0 Å². The quantitative estimate of drug-likeness (QED) is 0.478. The van der Waals surface area contributed by atoms with Crippen molar-refractivity contribution in [3.05, 3.63) is 54.2 Å². The molecule has 1 aromatic carbocycles. The van der Waals surface area contributed by atoms with E-state index in [2.05, 4.69) is 9.97 Å². The normalized spacial score (nSPS) is 12.1. The molecule has 0 radical (unpaired) electrons. The van der Waals surface area contributed by atoms with Gasteiger partial charge in [0.1, 0.15) is 17.2 Å². The predicted molar refractivity (Wildman–Crippen MR) is 107 cm³/mol. The van der Waals surface area contributed by atoms with E-state index in [9.17, 15) is 9.18 Å². The van der Waals surface area contributed by atoms with Gasteiger partial charge in [0.2, 0.25) is 0 Å². The van der Waals surface area contributed by atoms with Gasteiger partial charge in [0, 0.05) is 23.3 Å². The number of pyridine rings is 1. The van der Waals surface area contributed by atoms with Crippen LogP contribution in [0.4, 0.5) is 10.2 Å². The Kier molecular flexibility index (Phi) is 5.54. The van der Waals surface area contributed by atoms with Crippen molar-refractivity contribution in [2.75, 3.05) is 5.73 Å². The number of nitrogens with zero attached hydrogens (tertiary/aromatic N) is 2. The first-order chi connectivity index (χ1) is 13.2. The fourth-order valence-corrected chi connectivity index (χ4v) is 2.73. The number of imidazole rings is 1. The summed E-state index contributed by atoms with van der Waals surface area (Å²) in [6.45, 7) is 4.00. The van der Waals surface area contributed by atoms with Gasteiger partial charge in [0.15, 0.2) is 12.1 Å². The van der Waals surface area contributed by atoms with Crippen LogP contribution in [0.25, 0.3) is 27.7 Å². The first-order valence-electron chi connectivity index (χ1n) is 9.17. The minimum atomic E-state index is -0.328. The fourth-order valence-electron chi connectivity index (χ4n) is 2.73. The lowest BCUT2D eigenvalue weighted by molar-refractivity contribution is 0.111. The minimum absolute atomic E-state index is 0.179. The molecule has 5 nitrogen and oxygen atoms in total. The van der Waals surface area contributed by atoms with Gasteiger partial charge in [-0.25, -0.2) is 9.37 Å². The Labute approximate surface area is 157 Å². The number of carbonyl (C=O) groups is 1. The molecule has 27 heavy (non-hydrogen) atoms. The number of aromatic nitrogens is 3. The van der Waals surface area contributed by atoms with E-state index in [1.165, 1.54) is 31.4 Å². The van der Waals surface area contributed by atoms with Gasteiger partial charge < -0.3 is 10.7 Å². The molecule has 1 fully saturated rings. The van der Waals surface area contributed by atoms with E-state index >= 15 is 0 Å². The molecule has 1 saturated carbocycles. The van der Waals surface area contributed by atoms with Crippen LogP contribution < -0.4 is 5.73 Å². The number of benzene rings is 1. The first-order valence-corrected chi connectivity index (χ1v) is 9.17. The van der Waals surface area contributed by atoms with Gasteiger partial charge in [0.25, 0.3) is 0 Å². The number of fused-ring (bicyclic) bond motifs is 2. The molecule has 140 valence electrons. The summed E-state index contributed by atoms with van der Waals surface area (Å²) in [6, 6.07) is 8.39. The van der Waals surface area contributed by atoms with Crippen molar-refractivity contribution in [2.24, 2.45) is 0 Å². The molecule has 4 aromatic rings. The Morgan fingerprint density at radius 1 is 1.19 bits per heavy atom. The third-order valence-corrected chi connectivity index (χ3v) is 4.09. The van der Waals surface area contributed by atoms with E-state index < -0.39 is 0 Å². The maximum Gasteiger partial charge on any atom is 0.170 e. The highest BCUT2D eigenvalue weighted by molar-refractivity contribution is 5.95. The van der Waals surface area contributed by atoms with Crippen LogP contribution in [0.15, 0.2) is 42.7 Å². The highest BCUT2D eigenvalue weighted by Gasteiger charge is 2.12. The third-order valence-electron chi connectivity index (χ3n) is 4.09. The van der Waals surface area contributed by atoms with Crippen LogP contribution in [0.2, 0.25) is 0 Å². The molecule has 3 N–H and O–H groups in total. The van der Waals surface area contributed by atoms with Crippen molar-refractivity contribution < 1.29 is 9.18 Å². The lowest BCUT2D eigenvalue weighted by Gasteiger charge is -2.06. The average Bonchev–Trinajstić information content (AvgIpc) is 3.43. The molecular weight excluding hydrogens is 343 g/mol. The van der Waals surface area contributed by atoms with Crippen molar-refractivity contribution in [1.82, 2.24) is 14.4 Å². The third kappa shape index (κ3) is 3.84. The SMILES string of the molecule is C1CC1.CC.Nc1nc2ccc(-c3cc(F)cc4[nH]ccc34)cn2c1C=O. The number of carbonyl (C=O) groups excluding carboxylic acids is 1. The summed E-state index contributed by atoms with van der Waals surface area (Å²) in [5.41, 5.74) is 8.82. The molecule has 1 aliphatic rings. The van der Waals surface area contributed by atoms with Crippen molar-refractivity contribution in [2.45, 2.75) is 33.1 Å². The van der Waals surface area contributed by atoms with Crippen LogP contribution in [-0.2, 0) is 0 Å². The van der Waals surface area contributed by atoms with E-state index in [0.29, 0.717) is 17.6 Å². The number of halogens is 1. The minimum Gasteiger partial charge on any atom is -0.382 e. The second-order valence-electron chi connectivity index (χ2n) is 6.10. The lowest BCUT2D eigenvalue weighted by atomic mass is 10.0. The zero-order valence-electron chi connectivity index (χ0n) is 15.5. The Bertz CT molecular complexity index is 1080. The zero-order valence-corrected chi connectivity index (χ0v) is 15.5. The summed E-state index contributed by atoms with van der Waals surface area (Å²) in [6.07, 6.45) is 8.67. The number of H-pyrrole nitrogens is 1. The van der Waals surface area contributed by atoms with Crippen molar-refractivity contribution in [1.29, 1.82) is 0 Å². The molecule has 0 unspecified atom stereocenters. The number of nitrogens with one attached hydrogen (secondary N) is 1. The standard InChI is InChI=1S/C16H11FN4O.C3H6.C2H6/c17-10-5-12(11-3-4-19-13(11)6-10)9-1-2-15-20-16(18)14(8-22)21(15)7-9;1-2-3-1;1-2/h1-8,19H,18H2;1-3H2;1-2H3. The van der Waals surface area contributed by atoms with Gasteiger partial charge in [-0.05, 0) is 41.5 Å². The fraction of sp³-hybridized carbons (Fsp3) is 0.238. The van der Waals surface area contributed by atoms with Crippen LogP contribution in [0.5, 0.6) is 0 Å². The molecular formula is C21H23FN4O. The van der Waals surface area contributed by atoms with Crippen LogP contribution in [0, 0.1) is 5.82 Å². The summed E-state index contributed by atoms with van der Waals surface area (Å²) in [7, 11) is 0. The predicted octanol–water partition coefficient (Wildman–Crippen LogP) is 5.21. The number of aldehydes is 1. The second-order valence-corrected chi connectivity index (χ2v) is 6.10. The molecule has 0 amide bonds. The highest BCUT2D eigenvalue weighted by Crippen LogP contribution is 2.30. The number of aromatic amines is 1. The maximum atomic E-state index is 13.8. The number of hydrogen-bond acceptors (Lipinski definition) is 3. The molecule has 5 rings (SSSR count). The number of nitrogens with two attached hydrogens (primary N) is 1. The summed E-state index contributed by atoms with van der Waals surface area (Å²) in [4.78, 5) is 18.3. The molecule has 1 aliphatic carbocycles. The Morgan fingerprint density at radius 3 is 2.59 bits per heavy atom. The summed E-state index contributed by atoms with van der Waals surface area (Å²) >= 11 is 0. The van der Waals surface area contributed by atoms with Gasteiger partial charge in [-0.3, -0.25) is 9.20 Å². The number of rotatable bonds is 2. The molecule has 3 heterocycles. The topological polar surface area (TPSA) is 76.2 Å². The van der Waals surface area contributed by atoms with Gasteiger partial charge in [0.05, 0.1) is 0 Å². The smallest absolute Gasteiger partial charge is 0.170 e. The molecule has 6 heteroatoms. The van der Waals surface area contributed by atoms with Crippen LogP contribution >= 0.6 is 0 Å². The van der Waals surface area contributed by atoms with Crippen molar-refractivity contribution >= 4 is 28.7 Å². The second kappa shape index (κ2) is 8.03. The maximum absolute atomic E-state index is 13.8. The molecule has 0 bridgehead atoms. The highest BCUT2D eigenvalue weighted by atomic mass is 19.1. The summed E-state index contributed by atoms with van der Waals surface area (Å²) < 4.78 is 15.4. The van der Waals surface area contributed by atoms with E-state index in [4.69, 9.17) is 5.73 Å². The average molecular weight is 366 g/mol. The van der Waals surface area contributed by atoms with Crippen LogP contribution in [-0.4, -0.2) is 20.7 Å². The Hall–Kier alpha value is -3.15. The Morgan fingerprint density at radius 2 is 1.93 bits per heavy atom. The van der Waals surface area contributed by atoms with Gasteiger partial charge in [-0.2, -0.15) is 0 Å². The Balaban J connectivity index is 0.000000374. The summed E-state index contributed by atoms with van der Waals surface area (Å²) in [5.74, 6) is -0.149. The lowest BCUT2D eigenvalue weighted by Crippen LogP contribution is -1.95. The van der Waals surface area contributed by atoms with Crippen LogP contribution in [0.3, 0.4) is 0 Å². The molecule has 0 saturated heterocycles. The largest absolute Gasteiger partial charge is 0.382 e. The number of hydrogen-bond donors (Lipinski definition) is 2. The molecule has 0 spiro atoms. The monoisotopic (exact) mass is 366 g/mol. The molecule has 0 atom stereocenters. The van der Waals surface area contributed by atoms with Crippen molar-refractivity contribution in [3.8, 4) is 11.1 Å². The zero-order chi connectivity index (χ0) is 19.4. The first kappa shape index (κ1) is 18.6. The molecule has 0 aliphatic heterocycles. The van der Waals surface area contributed by atoms with Crippen molar-refractivity contribution in [3.63, 3.8) is 0 Å². The van der Waals surface area contributed by atoms with E-state index in [-0.39, 0.29) is 11.6 Å². The number of anilines is 1. The molecule has 3 aromatic heterocycles. The number of nitrogen functional groups attached to an aromatic ring is 1. The van der Waals surface area contributed by atoms with Gasteiger partial charge >= 0.3 is 0 Å².